The van der Waals surface area contributed by atoms with Gasteiger partial charge in [-0.25, -0.2) is 0 Å². The predicted octanol–water partition coefficient (Wildman–Crippen LogP) is 5.13. The van der Waals surface area contributed by atoms with Crippen LogP contribution in [-0.2, 0) is 5.75 Å². The van der Waals surface area contributed by atoms with Gasteiger partial charge in [-0.15, -0.1) is 10.2 Å². The zero-order chi connectivity index (χ0) is 23.4. The van der Waals surface area contributed by atoms with E-state index in [1.54, 1.807) is 33.5 Å². The van der Waals surface area contributed by atoms with E-state index >= 15 is 0 Å². The van der Waals surface area contributed by atoms with Crippen LogP contribution in [0.15, 0.2) is 52.0 Å². The van der Waals surface area contributed by atoms with Crippen LogP contribution in [0.25, 0.3) is 22.6 Å². The van der Waals surface area contributed by atoms with Gasteiger partial charge in [-0.3, -0.25) is 0 Å². The topological polar surface area (TPSA) is 92.4 Å². The minimum absolute atomic E-state index is 0.432. The maximum absolute atomic E-state index is 5.42. The first-order valence-electron chi connectivity index (χ1n) is 10.2. The molecule has 0 spiro atoms. The zero-order valence-electron chi connectivity index (χ0n) is 19.1. The second kappa shape index (κ2) is 9.91. The summed E-state index contributed by atoms with van der Waals surface area (Å²) in [7, 11) is 4.68. The van der Waals surface area contributed by atoms with Gasteiger partial charge < -0.3 is 18.7 Å². The van der Waals surface area contributed by atoms with E-state index < -0.39 is 0 Å². The fraction of sp³-hybridized carbons (Fsp3) is 0.250. The van der Waals surface area contributed by atoms with E-state index in [1.807, 2.05) is 12.1 Å². The van der Waals surface area contributed by atoms with E-state index in [4.69, 9.17) is 18.7 Å². The number of benzene rings is 2. The van der Waals surface area contributed by atoms with Crippen molar-refractivity contribution in [3.05, 3.63) is 59.5 Å². The summed E-state index contributed by atoms with van der Waals surface area (Å²) >= 11 is 1.47. The van der Waals surface area contributed by atoms with E-state index in [9.17, 15) is 0 Å². The van der Waals surface area contributed by atoms with Crippen molar-refractivity contribution in [2.24, 2.45) is 0 Å². The first kappa shape index (κ1) is 22.6. The van der Waals surface area contributed by atoms with Crippen LogP contribution < -0.4 is 14.2 Å². The van der Waals surface area contributed by atoms with E-state index in [-0.39, 0.29) is 0 Å². The summed E-state index contributed by atoms with van der Waals surface area (Å²) in [6.45, 7) is 4.18. The molecule has 4 rings (SSSR count). The first-order valence-corrected chi connectivity index (χ1v) is 11.2. The van der Waals surface area contributed by atoms with E-state index in [1.165, 1.54) is 22.9 Å². The Hall–Kier alpha value is -3.59. The molecular weight excluding hydrogens is 440 g/mol. The number of ether oxygens (including phenoxy) is 3. The van der Waals surface area contributed by atoms with Crippen LogP contribution in [0.5, 0.6) is 17.2 Å². The molecule has 9 heteroatoms. The summed E-state index contributed by atoms with van der Waals surface area (Å²) < 4.78 is 21.6. The van der Waals surface area contributed by atoms with Crippen LogP contribution in [0.3, 0.4) is 0 Å². The number of rotatable bonds is 8. The third kappa shape index (κ3) is 4.93. The molecule has 2 heterocycles. The third-order valence-corrected chi connectivity index (χ3v) is 6.08. The minimum Gasteiger partial charge on any atom is -0.493 e. The van der Waals surface area contributed by atoms with Gasteiger partial charge in [0.25, 0.3) is 0 Å². The second-order valence-electron chi connectivity index (χ2n) is 7.27. The number of thioether (sulfide) groups is 1. The molecule has 0 unspecified atom stereocenters. The Morgan fingerprint density at radius 1 is 0.818 bits per heavy atom. The number of methoxy groups -OCH3 is 3. The Balaban J connectivity index is 1.46. The molecule has 0 fully saturated rings. The quantitative estimate of drug-likeness (QED) is 0.329. The Bertz CT molecular complexity index is 1230. The van der Waals surface area contributed by atoms with Gasteiger partial charge >= 0.3 is 0 Å². The molecule has 0 radical (unpaired) electrons. The lowest BCUT2D eigenvalue weighted by Crippen LogP contribution is -1.96. The highest BCUT2D eigenvalue weighted by atomic mass is 32.2. The summed E-state index contributed by atoms with van der Waals surface area (Å²) in [6, 6.07) is 13.7. The first-order chi connectivity index (χ1) is 16.0. The molecule has 0 saturated carbocycles. The van der Waals surface area contributed by atoms with Gasteiger partial charge in [0.1, 0.15) is 5.03 Å². The maximum Gasteiger partial charge on any atom is 0.237 e. The molecular formula is C24H24N4O4S. The standard InChI is InChI=1S/C24H24N4O4S/c1-14-6-7-16(10-15(14)2)18-8-9-22(27-26-18)33-13-21-25-24(28-32-21)17-11-19(29-3)23(31-5)20(12-17)30-4/h6-12H,13H2,1-5H3. The highest BCUT2D eigenvalue weighted by Gasteiger charge is 2.17. The van der Waals surface area contributed by atoms with Gasteiger partial charge in [0, 0.05) is 11.1 Å². The Labute approximate surface area is 196 Å². The van der Waals surface area contributed by atoms with Crippen molar-refractivity contribution >= 4 is 11.8 Å². The van der Waals surface area contributed by atoms with E-state index in [0.717, 1.165) is 16.3 Å². The van der Waals surface area contributed by atoms with Crippen LogP contribution in [0.1, 0.15) is 17.0 Å². The molecule has 2 aromatic heterocycles. The number of nitrogens with zero attached hydrogens (tertiary/aromatic N) is 4. The highest BCUT2D eigenvalue weighted by molar-refractivity contribution is 7.98. The van der Waals surface area contributed by atoms with Crippen LogP contribution >= 0.6 is 11.8 Å². The Kier molecular flexibility index (Phi) is 6.79. The summed E-state index contributed by atoms with van der Waals surface area (Å²) in [6.07, 6.45) is 0. The van der Waals surface area contributed by atoms with Crippen molar-refractivity contribution in [1.82, 2.24) is 20.3 Å². The molecule has 0 aliphatic heterocycles. The van der Waals surface area contributed by atoms with Crippen molar-refractivity contribution in [2.45, 2.75) is 24.6 Å². The molecule has 0 atom stereocenters. The molecule has 0 amide bonds. The summed E-state index contributed by atoms with van der Waals surface area (Å²) in [5.41, 5.74) is 5.07. The molecule has 0 N–H and O–H groups in total. The van der Waals surface area contributed by atoms with Crippen LogP contribution in [0.2, 0.25) is 0 Å². The number of hydrogen-bond donors (Lipinski definition) is 0. The van der Waals surface area contributed by atoms with Crippen molar-refractivity contribution in [3.8, 4) is 39.9 Å². The van der Waals surface area contributed by atoms with Crippen molar-refractivity contribution in [3.63, 3.8) is 0 Å². The predicted molar refractivity (Wildman–Crippen MR) is 126 cm³/mol. The van der Waals surface area contributed by atoms with Crippen LogP contribution in [0.4, 0.5) is 0 Å². The molecule has 0 aliphatic rings. The number of aromatic nitrogens is 4. The van der Waals surface area contributed by atoms with Crippen LogP contribution in [-0.4, -0.2) is 41.7 Å². The smallest absolute Gasteiger partial charge is 0.237 e. The van der Waals surface area contributed by atoms with Gasteiger partial charge in [0.05, 0.1) is 32.8 Å². The lowest BCUT2D eigenvalue weighted by atomic mass is 10.0. The summed E-state index contributed by atoms with van der Waals surface area (Å²) in [5.74, 6) is 2.92. The second-order valence-corrected chi connectivity index (χ2v) is 8.27. The fourth-order valence-corrected chi connectivity index (χ4v) is 3.88. The lowest BCUT2D eigenvalue weighted by molar-refractivity contribution is 0.324. The van der Waals surface area contributed by atoms with Gasteiger partial charge in [0.15, 0.2) is 11.5 Å². The average molecular weight is 465 g/mol. The highest BCUT2D eigenvalue weighted by Crippen LogP contribution is 2.40. The zero-order valence-corrected chi connectivity index (χ0v) is 19.9. The Morgan fingerprint density at radius 2 is 1.58 bits per heavy atom. The normalized spacial score (nSPS) is 10.8. The third-order valence-electron chi connectivity index (χ3n) is 5.18. The molecule has 2 aromatic carbocycles. The van der Waals surface area contributed by atoms with Crippen LogP contribution in [0, 0.1) is 13.8 Å². The van der Waals surface area contributed by atoms with Gasteiger partial charge in [-0.2, -0.15) is 4.98 Å². The monoisotopic (exact) mass is 464 g/mol. The average Bonchev–Trinajstić information content (AvgIpc) is 3.33. The largest absolute Gasteiger partial charge is 0.493 e. The molecule has 170 valence electrons. The van der Waals surface area contributed by atoms with Gasteiger partial charge in [0.2, 0.25) is 17.5 Å². The SMILES string of the molecule is COc1cc(-c2noc(CSc3ccc(-c4ccc(C)c(C)c4)nn3)n2)cc(OC)c1OC. The lowest BCUT2D eigenvalue weighted by Gasteiger charge is -2.12. The van der Waals surface area contributed by atoms with Crippen molar-refractivity contribution in [1.29, 1.82) is 0 Å². The summed E-state index contributed by atoms with van der Waals surface area (Å²) in [4.78, 5) is 4.49. The van der Waals surface area contributed by atoms with E-state index in [0.29, 0.717) is 40.3 Å². The number of aryl methyl sites for hydroxylation is 2. The minimum atomic E-state index is 0.432. The molecule has 0 aliphatic carbocycles. The molecule has 33 heavy (non-hydrogen) atoms. The molecule has 8 nitrogen and oxygen atoms in total. The Morgan fingerprint density at radius 3 is 2.18 bits per heavy atom. The number of hydrogen-bond acceptors (Lipinski definition) is 9. The maximum atomic E-state index is 5.42. The van der Waals surface area contributed by atoms with Gasteiger partial charge in [-0.1, -0.05) is 29.1 Å². The van der Waals surface area contributed by atoms with Crippen molar-refractivity contribution in [2.75, 3.05) is 21.3 Å². The molecule has 0 saturated heterocycles. The molecule has 4 aromatic rings. The fourth-order valence-electron chi connectivity index (χ4n) is 3.23. The summed E-state index contributed by atoms with van der Waals surface area (Å²) in [5, 5.41) is 13.5. The van der Waals surface area contributed by atoms with Crippen molar-refractivity contribution < 1.29 is 18.7 Å². The van der Waals surface area contributed by atoms with Gasteiger partial charge in [-0.05, 0) is 55.3 Å². The molecule has 0 bridgehead atoms. The van der Waals surface area contributed by atoms with E-state index in [2.05, 4.69) is 52.4 Å².